The van der Waals surface area contributed by atoms with Crippen LogP contribution in [0, 0.1) is 0 Å². The van der Waals surface area contributed by atoms with Gasteiger partial charge in [-0.3, -0.25) is 0 Å². The van der Waals surface area contributed by atoms with Crippen molar-refractivity contribution in [2.75, 3.05) is 0 Å². The minimum atomic E-state index is 0.729. The monoisotopic (exact) mass is 232 g/mol. The second kappa shape index (κ2) is 7.85. The second-order valence-electron chi connectivity index (χ2n) is 3.38. The molecule has 0 aliphatic heterocycles. The Kier molecular flexibility index (Phi) is 7.99. The number of allylic oxidation sites excluding steroid dienone is 1. The van der Waals surface area contributed by atoms with E-state index in [-0.39, 0.29) is 0 Å². The van der Waals surface area contributed by atoms with Gasteiger partial charge in [-0.15, -0.1) is 0 Å². The molecule has 0 aliphatic rings. The molecule has 1 heteroatoms. The average molecular weight is 233 g/mol. The summed E-state index contributed by atoms with van der Waals surface area (Å²) in [4.78, 5) is 0.729. The zero-order valence-electron chi connectivity index (χ0n) is 8.41. The van der Waals surface area contributed by atoms with Crippen molar-refractivity contribution in [3.63, 3.8) is 0 Å². The van der Waals surface area contributed by atoms with E-state index < -0.39 is 0 Å². The standard InChI is InChI=1S/C11H21Br/c1-4-7-11(12)9-6-8-10(3)5-2/h11H,3-9H2,1-2H3. The normalized spacial score (nSPS) is 12.9. The molecule has 0 aliphatic carbocycles. The van der Waals surface area contributed by atoms with Crippen molar-refractivity contribution < 1.29 is 0 Å². The Morgan fingerprint density at radius 3 is 2.50 bits per heavy atom. The minimum absolute atomic E-state index is 0.729. The van der Waals surface area contributed by atoms with E-state index in [0.717, 1.165) is 11.2 Å². The van der Waals surface area contributed by atoms with Crippen molar-refractivity contribution in [2.24, 2.45) is 0 Å². The molecule has 1 unspecified atom stereocenters. The van der Waals surface area contributed by atoms with Crippen LogP contribution in [0.25, 0.3) is 0 Å². The van der Waals surface area contributed by atoms with Crippen LogP contribution in [0.2, 0.25) is 0 Å². The van der Waals surface area contributed by atoms with E-state index in [1.165, 1.54) is 37.7 Å². The Balaban J connectivity index is 3.24. The maximum absolute atomic E-state index is 4.00. The van der Waals surface area contributed by atoms with E-state index >= 15 is 0 Å². The highest BCUT2D eigenvalue weighted by molar-refractivity contribution is 9.09. The molecule has 0 spiro atoms. The lowest BCUT2D eigenvalue weighted by molar-refractivity contribution is 0.649. The summed E-state index contributed by atoms with van der Waals surface area (Å²) in [5, 5.41) is 0. The van der Waals surface area contributed by atoms with Gasteiger partial charge in [0.15, 0.2) is 0 Å². The average Bonchev–Trinajstić information content (AvgIpc) is 2.04. The fourth-order valence-corrected chi connectivity index (χ4v) is 1.99. The van der Waals surface area contributed by atoms with Crippen LogP contribution in [0.15, 0.2) is 12.2 Å². The molecular formula is C11H21Br. The summed E-state index contributed by atoms with van der Waals surface area (Å²) in [6.45, 7) is 8.42. The highest BCUT2D eigenvalue weighted by atomic mass is 79.9. The second-order valence-corrected chi connectivity index (χ2v) is 4.68. The zero-order valence-corrected chi connectivity index (χ0v) is 9.99. The van der Waals surface area contributed by atoms with E-state index in [0.29, 0.717) is 0 Å². The summed E-state index contributed by atoms with van der Waals surface area (Å²) in [6.07, 6.45) is 7.53. The first-order valence-corrected chi connectivity index (χ1v) is 5.93. The fourth-order valence-electron chi connectivity index (χ4n) is 1.21. The lowest BCUT2D eigenvalue weighted by Gasteiger charge is -2.07. The van der Waals surface area contributed by atoms with Gasteiger partial charge in [0.1, 0.15) is 0 Å². The maximum atomic E-state index is 4.00. The lowest BCUT2D eigenvalue weighted by atomic mass is 10.1. The molecule has 0 heterocycles. The van der Waals surface area contributed by atoms with Gasteiger partial charge < -0.3 is 0 Å². The van der Waals surface area contributed by atoms with Crippen LogP contribution in [0.3, 0.4) is 0 Å². The molecule has 0 N–H and O–H groups in total. The first-order chi connectivity index (χ1) is 5.70. The molecule has 0 aromatic rings. The lowest BCUT2D eigenvalue weighted by Crippen LogP contribution is -1.96. The summed E-state index contributed by atoms with van der Waals surface area (Å²) in [7, 11) is 0. The minimum Gasteiger partial charge on any atom is -0.0999 e. The van der Waals surface area contributed by atoms with Gasteiger partial charge in [0.25, 0.3) is 0 Å². The Morgan fingerprint density at radius 1 is 1.33 bits per heavy atom. The van der Waals surface area contributed by atoms with Crippen LogP contribution in [0.5, 0.6) is 0 Å². The van der Waals surface area contributed by atoms with E-state index in [4.69, 9.17) is 0 Å². The SMILES string of the molecule is C=C(CC)CCCC(Br)CCC. The molecule has 12 heavy (non-hydrogen) atoms. The molecular weight excluding hydrogens is 212 g/mol. The van der Waals surface area contributed by atoms with E-state index in [1.54, 1.807) is 0 Å². The van der Waals surface area contributed by atoms with Gasteiger partial charge in [-0.05, 0) is 32.1 Å². The fraction of sp³-hybridized carbons (Fsp3) is 0.818. The molecule has 1 atom stereocenters. The summed E-state index contributed by atoms with van der Waals surface area (Å²) in [5.41, 5.74) is 1.39. The molecule has 0 aromatic heterocycles. The Hall–Kier alpha value is 0.220. The zero-order chi connectivity index (χ0) is 9.40. The van der Waals surface area contributed by atoms with Gasteiger partial charge in [-0.25, -0.2) is 0 Å². The Bertz CT molecular complexity index is 118. The van der Waals surface area contributed by atoms with E-state index in [9.17, 15) is 0 Å². The molecule has 0 saturated carbocycles. The topological polar surface area (TPSA) is 0 Å². The highest BCUT2D eigenvalue weighted by Gasteiger charge is 2.01. The number of alkyl halides is 1. The summed E-state index contributed by atoms with van der Waals surface area (Å²) in [5.74, 6) is 0. The van der Waals surface area contributed by atoms with Gasteiger partial charge in [-0.1, -0.05) is 48.4 Å². The van der Waals surface area contributed by atoms with Gasteiger partial charge in [0, 0.05) is 4.83 Å². The Morgan fingerprint density at radius 2 is 2.00 bits per heavy atom. The summed E-state index contributed by atoms with van der Waals surface area (Å²) >= 11 is 3.68. The first-order valence-electron chi connectivity index (χ1n) is 5.01. The number of halogens is 1. The van der Waals surface area contributed by atoms with Crippen molar-refractivity contribution in [3.05, 3.63) is 12.2 Å². The molecule has 0 fully saturated rings. The smallest absolute Gasteiger partial charge is 0.0145 e. The van der Waals surface area contributed by atoms with Crippen LogP contribution in [-0.4, -0.2) is 4.83 Å². The highest BCUT2D eigenvalue weighted by Crippen LogP contribution is 2.17. The van der Waals surface area contributed by atoms with Gasteiger partial charge in [0.05, 0.1) is 0 Å². The predicted molar refractivity (Wildman–Crippen MR) is 60.9 cm³/mol. The maximum Gasteiger partial charge on any atom is 0.0145 e. The van der Waals surface area contributed by atoms with Crippen LogP contribution in [0.1, 0.15) is 52.4 Å². The molecule has 0 rings (SSSR count). The van der Waals surface area contributed by atoms with E-state index in [2.05, 4.69) is 36.4 Å². The van der Waals surface area contributed by atoms with Gasteiger partial charge in [-0.2, -0.15) is 0 Å². The number of rotatable bonds is 7. The molecule has 72 valence electrons. The third kappa shape index (κ3) is 6.90. The third-order valence-corrected chi connectivity index (χ3v) is 3.07. The van der Waals surface area contributed by atoms with Crippen molar-refractivity contribution in [3.8, 4) is 0 Å². The quantitative estimate of drug-likeness (QED) is 0.442. The van der Waals surface area contributed by atoms with Crippen molar-refractivity contribution >= 4 is 15.9 Å². The molecule has 0 radical (unpaired) electrons. The molecule has 0 nitrogen and oxygen atoms in total. The van der Waals surface area contributed by atoms with Crippen molar-refractivity contribution in [1.29, 1.82) is 0 Å². The molecule has 0 saturated heterocycles. The number of hydrogen-bond acceptors (Lipinski definition) is 0. The molecule has 0 bridgehead atoms. The van der Waals surface area contributed by atoms with Crippen LogP contribution >= 0.6 is 15.9 Å². The first kappa shape index (κ1) is 12.2. The summed E-state index contributed by atoms with van der Waals surface area (Å²) < 4.78 is 0. The van der Waals surface area contributed by atoms with Crippen LogP contribution in [-0.2, 0) is 0 Å². The number of hydrogen-bond donors (Lipinski definition) is 0. The van der Waals surface area contributed by atoms with Gasteiger partial charge >= 0.3 is 0 Å². The largest absolute Gasteiger partial charge is 0.0999 e. The van der Waals surface area contributed by atoms with Crippen LogP contribution in [0.4, 0.5) is 0 Å². The Labute approximate surface area is 85.6 Å². The third-order valence-electron chi connectivity index (χ3n) is 2.15. The van der Waals surface area contributed by atoms with Crippen molar-refractivity contribution in [1.82, 2.24) is 0 Å². The summed E-state index contributed by atoms with van der Waals surface area (Å²) in [6, 6.07) is 0. The van der Waals surface area contributed by atoms with Crippen LogP contribution < -0.4 is 0 Å². The van der Waals surface area contributed by atoms with Gasteiger partial charge in [0.2, 0.25) is 0 Å². The van der Waals surface area contributed by atoms with Crippen molar-refractivity contribution in [2.45, 2.75) is 57.2 Å². The molecule has 0 amide bonds. The van der Waals surface area contributed by atoms with E-state index in [1.807, 2.05) is 0 Å². The molecule has 0 aromatic carbocycles. The predicted octanol–water partition coefficient (Wildman–Crippen LogP) is 4.69.